The number of aliphatic hydroxyl groups is 1. The predicted molar refractivity (Wildman–Crippen MR) is 342 cm³/mol. The summed E-state index contributed by atoms with van der Waals surface area (Å²) < 4.78 is 101. The highest BCUT2D eigenvalue weighted by atomic mass is 32.2. The maximum atomic E-state index is 15.4. The summed E-state index contributed by atoms with van der Waals surface area (Å²) in [5.74, 6) is -1.59. The van der Waals surface area contributed by atoms with Crippen LogP contribution in [0.5, 0.6) is 0 Å². The van der Waals surface area contributed by atoms with E-state index in [1.165, 1.54) is 18.9 Å². The number of methoxy groups -OCH3 is 1. The summed E-state index contributed by atoms with van der Waals surface area (Å²) in [6, 6.07) is 68.5. The van der Waals surface area contributed by atoms with Crippen molar-refractivity contribution < 1.29 is 81.0 Å². The summed E-state index contributed by atoms with van der Waals surface area (Å²) >= 11 is 1.18. The molecule has 4 aliphatic heterocycles. The minimum absolute atomic E-state index is 0.0113. The second kappa shape index (κ2) is 33.6. The van der Waals surface area contributed by atoms with E-state index in [0.717, 1.165) is 33.4 Å². The molecule has 0 bridgehead atoms. The van der Waals surface area contributed by atoms with Gasteiger partial charge in [0.25, 0.3) is 0 Å². The minimum atomic E-state index is -1.80. The summed E-state index contributed by atoms with van der Waals surface area (Å²) in [5, 5.41) is 11.9. The first-order valence-corrected chi connectivity index (χ1v) is 32.1. The van der Waals surface area contributed by atoms with Gasteiger partial charge in [0.2, 0.25) is 4.93 Å². The number of carbonyl (C=O) groups excluding carboxylic acids is 1. The van der Waals surface area contributed by atoms with Gasteiger partial charge < -0.3 is 76.2 Å². The molecule has 486 valence electrons. The topological polar surface area (TPSA) is 176 Å². The van der Waals surface area contributed by atoms with Crippen LogP contribution in [0.2, 0.25) is 0 Å². The number of carbonyl (C=O) groups is 1. The lowest BCUT2D eigenvalue weighted by atomic mass is 9.94. The van der Waals surface area contributed by atoms with E-state index in [4.69, 9.17) is 71.1 Å². The second-order valence-corrected chi connectivity index (χ2v) is 24.8. The van der Waals surface area contributed by atoms with Crippen molar-refractivity contribution in [1.29, 1.82) is 0 Å². The molecule has 0 radical (unpaired) electrons. The van der Waals surface area contributed by atoms with Crippen LogP contribution in [0.1, 0.15) is 53.6 Å². The monoisotopic (exact) mass is 1270 g/mol. The van der Waals surface area contributed by atoms with Crippen molar-refractivity contribution in [2.24, 2.45) is 0 Å². The molecule has 0 saturated carbocycles. The molecule has 4 saturated heterocycles. The van der Waals surface area contributed by atoms with Crippen molar-refractivity contribution in [2.75, 3.05) is 33.7 Å². The summed E-state index contributed by atoms with van der Waals surface area (Å²) in [6.45, 7) is 4.66. The number of fused-ring (bicyclic) bond motifs is 1. The molecule has 17 nitrogen and oxygen atoms in total. The van der Waals surface area contributed by atoms with E-state index < -0.39 is 96.4 Å². The number of esters is 1. The third-order valence-electron chi connectivity index (χ3n) is 16.1. The molecular weight excluding hydrogens is 1190 g/mol. The van der Waals surface area contributed by atoms with E-state index in [0.29, 0.717) is 4.90 Å². The zero-order valence-electron chi connectivity index (χ0n) is 52.0. The Morgan fingerprint density at radius 1 is 0.533 bits per heavy atom. The summed E-state index contributed by atoms with van der Waals surface area (Å²) in [7, 11) is 1.50. The third-order valence-corrected chi connectivity index (χ3v) is 17.4. The molecule has 0 unspecified atom stereocenters. The molecule has 18 heteroatoms. The summed E-state index contributed by atoms with van der Waals surface area (Å²) in [6.07, 6.45) is -10.1. The summed E-state index contributed by atoms with van der Waals surface area (Å²) in [5.41, 5.74) is 5.48. The van der Waals surface area contributed by atoms with Crippen molar-refractivity contribution >= 4 is 17.7 Å². The molecule has 0 aromatic heterocycles. The zero-order valence-corrected chi connectivity index (χ0v) is 52.8. The van der Waals surface area contributed by atoms with Gasteiger partial charge in [-0.3, -0.25) is 0 Å². The van der Waals surface area contributed by atoms with Gasteiger partial charge in [0.05, 0.1) is 59.5 Å². The van der Waals surface area contributed by atoms with Crippen LogP contribution < -0.4 is 0 Å². The normalized spacial score (nSPS) is 26.9. The van der Waals surface area contributed by atoms with E-state index >= 15 is 4.79 Å². The van der Waals surface area contributed by atoms with Gasteiger partial charge in [-0.05, 0) is 59.4 Å². The minimum Gasteiger partial charge on any atom is -0.454 e. The smallest absolute Gasteiger partial charge is 0.350 e. The average Bonchev–Trinajstić information content (AvgIpc) is 0.845. The van der Waals surface area contributed by atoms with Crippen LogP contribution in [-0.4, -0.2) is 135 Å². The van der Waals surface area contributed by atoms with Gasteiger partial charge in [0, 0.05) is 18.4 Å². The van der Waals surface area contributed by atoms with Gasteiger partial charge in [-0.1, -0.05) is 224 Å². The van der Waals surface area contributed by atoms with E-state index in [-0.39, 0.29) is 72.7 Å². The largest absolute Gasteiger partial charge is 0.454 e. The number of hydrogen-bond donors (Lipinski definition) is 1. The molecule has 0 aliphatic carbocycles. The number of thioether (sulfide) groups is 1. The van der Waals surface area contributed by atoms with Crippen LogP contribution in [0.4, 0.5) is 0 Å². The highest BCUT2D eigenvalue weighted by Gasteiger charge is 2.61. The van der Waals surface area contributed by atoms with E-state index in [2.05, 4.69) is 0 Å². The van der Waals surface area contributed by atoms with Crippen molar-refractivity contribution in [1.82, 2.24) is 0 Å². The Labute approximate surface area is 543 Å². The first-order valence-electron chi connectivity index (χ1n) is 31.3. The Morgan fingerprint density at radius 3 is 1.49 bits per heavy atom. The number of ether oxygens (including phenoxy) is 15. The van der Waals surface area contributed by atoms with Crippen LogP contribution in [0, 0.1) is 0 Å². The lowest BCUT2D eigenvalue weighted by molar-refractivity contribution is -0.382. The van der Waals surface area contributed by atoms with Crippen molar-refractivity contribution in [2.45, 2.75) is 155 Å². The van der Waals surface area contributed by atoms with Crippen LogP contribution >= 0.6 is 11.8 Å². The molecule has 11 rings (SSSR count). The van der Waals surface area contributed by atoms with Gasteiger partial charge in [-0.15, -0.1) is 0 Å². The fourth-order valence-corrected chi connectivity index (χ4v) is 12.7. The van der Waals surface area contributed by atoms with E-state index in [1.54, 1.807) is 26.0 Å². The molecule has 7 aromatic carbocycles. The average molecular weight is 1280 g/mol. The molecule has 92 heavy (non-hydrogen) atoms. The molecule has 4 fully saturated rings. The molecule has 0 amide bonds. The Hall–Kier alpha value is -6.50. The molecule has 7 aromatic rings. The molecule has 14 atom stereocenters. The number of hydrogen-bond acceptors (Lipinski definition) is 18. The number of rotatable bonds is 32. The standard InChI is InChI=1S/C74H82O17S/c1-73(2)85-50-62(90-73)63(84-51-77-3)59(75)40-25-41-74(92-58-38-23-10-24-39-58)72(76)89-65-61(49-79-43-53-28-13-5-14-29-53)87-71(69(67(65)91-74)82-46-56-34-19-8-20-35-56)88-64-60(48-78-42-52-26-11-4-12-27-52)86-70(83-47-57-36-21-9-22-37-57)68(81-45-55-32-17-7-18-33-55)66(64)80-44-54-30-15-6-16-31-54/h4-40,59-71,75H,41-51H2,1-3H3/b40-25+/t59-,60-,61-,62-,63-,64-,65+,66+,67+,68-,69-,70-,71+,74+/m1/s1. The van der Waals surface area contributed by atoms with Crippen LogP contribution in [-0.2, 0) is 115 Å². The van der Waals surface area contributed by atoms with E-state index in [9.17, 15) is 5.11 Å². The summed E-state index contributed by atoms with van der Waals surface area (Å²) in [4.78, 5) is 14.3. The molecule has 4 aliphatic rings. The highest BCUT2D eigenvalue weighted by molar-refractivity contribution is 8.01. The SMILES string of the molecule is COCO[C@H]([C@H](O)/C=C/C[C@@]1(Sc2ccccc2)O[C@H]2[C@@H](OC1=O)[C@@H](COCc1ccccc1)O[C@@H](O[C@H]1[C@H](OCc3ccccc3)[C@@H](OCc3ccccc3)[C@H](OCc3ccccc3)O[C@@H]1COCc1ccccc1)[C@@H]2OCc1ccccc1)[C@H]1COC(C)(C)O1. The highest BCUT2D eigenvalue weighted by Crippen LogP contribution is 2.47. The van der Waals surface area contributed by atoms with Crippen molar-refractivity contribution in [3.63, 3.8) is 0 Å². The van der Waals surface area contributed by atoms with Crippen molar-refractivity contribution in [3.8, 4) is 0 Å². The van der Waals surface area contributed by atoms with Gasteiger partial charge in [0.1, 0.15) is 67.8 Å². The number of benzene rings is 7. The molecule has 0 spiro atoms. The maximum absolute atomic E-state index is 15.4. The van der Waals surface area contributed by atoms with Crippen LogP contribution in [0.15, 0.2) is 229 Å². The van der Waals surface area contributed by atoms with Gasteiger partial charge in [-0.2, -0.15) is 0 Å². The Morgan fingerprint density at radius 2 is 0.989 bits per heavy atom. The second-order valence-electron chi connectivity index (χ2n) is 23.4. The first kappa shape index (κ1) is 66.9. The lowest BCUT2D eigenvalue weighted by Crippen LogP contribution is -2.70. The molecule has 4 heterocycles. The van der Waals surface area contributed by atoms with Crippen LogP contribution in [0.3, 0.4) is 0 Å². The first-order chi connectivity index (χ1) is 45.1. The molecular formula is C74H82O17S. The van der Waals surface area contributed by atoms with Gasteiger partial charge in [-0.25, -0.2) is 4.79 Å². The predicted octanol–water partition coefficient (Wildman–Crippen LogP) is 11.5. The Kier molecular flexibility index (Phi) is 24.4. The van der Waals surface area contributed by atoms with E-state index in [1.807, 2.05) is 212 Å². The zero-order chi connectivity index (χ0) is 63.4. The quantitative estimate of drug-likeness (QED) is 0.0239. The fourth-order valence-electron chi connectivity index (χ4n) is 11.5. The van der Waals surface area contributed by atoms with Gasteiger partial charge in [0.15, 0.2) is 24.5 Å². The molecule has 1 N–H and O–H groups in total. The fraction of sp³-hybridized carbons (Fsp3) is 0.392. The Balaban J connectivity index is 0.997. The number of aliphatic hydroxyl groups excluding tert-OH is 1. The third kappa shape index (κ3) is 18.5. The maximum Gasteiger partial charge on any atom is 0.350 e. The lowest BCUT2D eigenvalue weighted by Gasteiger charge is -2.53. The van der Waals surface area contributed by atoms with Crippen molar-refractivity contribution in [3.05, 3.63) is 258 Å². The van der Waals surface area contributed by atoms with Crippen LogP contribution in [0.25, 0.3) is 0 Å². The Bertz CT molecular complexity index is 3290. The van der Waals surface area contributed by atoms with Gasteiger partial charge >= 0.3 is 5.97 Å².